The third-order valence-corrected chi connectivity index (χ3v) is 3.49. The first kappa shape index (κ1) is 14.3. The molecule has 0 radical (unpaired) electrons. The number of carbonyl (C=O) groups is 1. The van der Waals surface area contributed by atoms with Gasteiger partial charge in [-0.2, -0.15) is 0 Å². The Balaban J connectivity index is 1.50. The lowest BCUT2D eigenvalue weighted by atomic mass is 10.1. The molecule has 0 aliphatic carbocycles. The van der Waals surface area contributed by atoms with Crippen molar-refractivity contribution in [3.05, 3.63) is 71.7 Å². The first-order chi connectivity index (χ1) is 10.7. The van der Waals surface area contributed by atoms with E-state index in [9.17, 15) is 9.18 Å². The summed E-state index contributed by atoms with van der Waals surface area (Å²) >= 11 is 0. The topological polar surface area (TPSA) is 42.2 Å². The Morgan fingerprint density at radius 3 is 2.64 bits per heavy atom. The minimum Gasteiger partial charge on any atom is -0.451 e. The molecule has 3 aromatic rings. The van der Waals surface area contributed by atoms with Crippen LogP contribution < -0.4 is 5.32 Å². The average Bonchev–Trinajstić information content (AvgIpc) is 2.97. The van der Waals surface area contributed by atoms with Gasteiger partial charge in [0.1, 0.15) is 11.4 Å². The van der Waals surface area contributed by atoms with E-state index in [2.05, 4.69) is 5.32 Å². The number of hydrogen-bond acceptors (Lipinski definition) is 2. The highest BCUT2D eigenvalue weighted by atomic mass is 19.1. The van der Waals surface area contributed by atoms with E-state index < -0.39 is 0 Å². The van der Waals surface area contributed by atoms with E-state index in [1.165, 1.54) is 12.1 Å². The van der Waals surface area contributed by atoms with Crippen LogP contribution in [0.3, 0.4) is 0 Å². The Morgan fingerprint density at radius 2 is 1.86 bits per heavy atom. The predicted molar refractivity (Wildman–Crippen MR) is 83.3 cm³/mol. The van der Waals surface area contributed by atoms with Crippen molar-refractivity contribution in [1.82, 2.24) is 5.32 Å². The van der Waals surface area contributed by atoms with Gasteiger partial charge < -0.3 is 9.73 Å². The fraction of sp³-hybridized carbons (Fsp3) is 0.167. The van der Waals surface area contributed by atoms with Crippen molar-refractivity contribution in [2.45, 2.75) is 12.8 Å². The van der Waals surface area contributed by atoms with Gasteiger partial charge in [-0.1, -0.05) is 30.3 Å². The Kier molecular flexibility index (Phi) is 4.19. The number of furan rings is 1. The second-order valence-electron chi connectivity index (χ2n) is 5.13. The van der Waals surface area contributed by atoms with Crippen LogP contribution in [0, 0.1) is 5.82 Å². The number of carbonyl (C=O) groups excluding carboxylic acids is 1. The molecule has 0 saturated heterocycles. The molecule has 3 rings (SSSR count). The number of benzene rings is 2. The Bertz CT molecular complexity index is 744. The smallest absolute Gasteiger partial charge is 0.287 e. The molecular formula is C18H16FNO2. The third kappa shape index (κ3) is 3.34. The van der Waals surface area contributed by atoms with Gasteiger partial charge in [0.2, 0.25) is 0 Å². The highest BCUT2D eigenvalue weighted by molar-refractivity contribution is 5.95. The minimum absolute atomic E-state index is 0.213. The van der Waals surface area contributed by atoms with Crippen LogP contribution in [-0.4, -0.2) is 12.5 Å². The molecule has 0 spiro atoms. The van der Waals surface area contributed by atoms with E-state index in [4.69, 9.17) is 4.42 Å². The van der Waals surface area contributed by atoms with E-state index in [1.54, 1.807) is 18.2 Å². The first-order valence-corrected chi connectivity index (χ1v) is 7.23. The molecule has 1 amide bonds. The molecule has 0 aliphatic heterocycles. The molecule has 22 heavy (non-hydrogen) atoms. The molecule has 0 bridgehead atoms. The number of fused-ring (bicyclic) bond motifs is 1. The second-order valence-corrected chi connectivity index (χ2v) is 5.13. The van der Waals surface area contributed by atoms with Gasteiger partial charge >= 0.3 is 0 Å². The summed E-state index contributed by atoms with van der Waals surface area (Å²) in [6.45, 7) is 0.549. The maximum atomic E-state index is 12.8. The van der Waals surface area contributed by atoms with E-state index in [1.807, 2.05) is 24.3 Å². The van der Waals surface area contributed by atoms with Gasteiger partial charge in [-0.25, -0.2) is 4.39 Å². The predicted octanol–water partition coefficient (Wildman–Crippen LogP) is 3.93. The number of amides is 1. The van der Waals surface area contributed by atoms with Gasteiger partial charge in [-0.15, -0.1) is 0 Å². The van der Waals surface area contributed by atoms with Gasteiger partial charge in [-0.05, 0) is 42.7 Å². The van der Waals surface area contributed by atoms with E-state index in [0.717, 1.165) is 23.8 Å². The molecule has 1 aromatic heterocycles. The van der Waals surface area contributed by atoms with Crippen LogP contribution in [0.1, 0.15) is 22.5 Å². The lowest BCUT2D eigenvalue weighted by molar-refractivity contribution is 0.0927. The number of halogens is 1. The fourth-order valence-electron chi connectivity index (χ4n) is 2.33. The van der Waals surface area contributed by atoms with Gasteiger partial charge in [0.05, 0.1) is 0 Å². The summed E-state index contributed by atoms with van der Waals surface area (Å²) in [6.07, 6.45) is 1.58. The van der Waals surface area contributed by atoms with E-state index in [0.29, 0.717) is 17.9 Å². The van der Waals surface area contributed by atoms with E-state index in [-0.39, 0.29) is 11.7 Å². The largest absolute Gasteiger partial charge is 0.451 e. The molecule has 3 nitrogen and oxygen atoms in total. The zero-order chi connectivity index (χ0) is 15.4. The highest BCUT2D eigenvalue weighted by Crippen LogP contribution is 2.18. The molecule has 0 aliphatic rings. The fourth-order valence-corrected chi connectivity index (χ4v) is 2.33. The standard InChI is InChI=1S/C18H16FNO2/c19-15-9-7-13(8-10-15)4-3-11-20-18(21)17-12-14-5-1-2-6-16(14)22-17/h1-2,5-10,12H,3-4,11H2,(H,20,21). The number of para-hydroxylation sites is 1. The maximum absolute atomic E-state index is 12.8. The SMILES string of the molecule is O=C(NCCCc1ccc(F)cc1)c1cc2ccccc2o1. The molecule has 1 N–H and O–H groups in total. The van der Waals surface area contributed by atoms with Crippen molar-refractivity contribution in [3.63, 3.8) is 0 Å². The van der Waals surface area contributed by atoms with Crippen molar-refractivity contribution >= 4 is 16.9 Å². The van der Waals surface area contributed by atoms with Crippen LogP contribution in [0.4, 0.5) is 4.39 Å². The molecule has 0 saturated carbocycles. The van der Waals surface area contributed by atoms with Crippen LogP contribution in [0.5, 0.6) is 0 Å². The highest BCUT2D eigenvalue weighted by Gasteiger charge is 2.11. The quantitative estimate of drug-likeness (QED) is 0.725. The minimum atomic E-state index is -0.234. The summed E-state index contributed by atoms with van der Waals surface area (Å²) in [5.41, 5.74) is 1.76. The number of aryl methyl sites for hydroxylation is 1. The van der Waals surface area contributed by atoms with E-state index >= 15 is 0 Å². The summed E-state index contributed by atoms with van der Waals surface area (Å²) in [4.78, 5) is 12.0. The summed E-state index contributed by atoms with van der Waals surface area (Å²) in [6, 6.07) is 15.7. The maximum Gasteiger partial charge on any atom is 0.287 e. The molecule has 0 atom stereocenters. The van der Waals surface area contributed by atoms with Gasteiger partial charge in [0.25, 0.3) is 5.91 Å². The monoisotopic (exact) mass is 297 g/mol. The van der Waals surface area contributed by atoms with Crippen molar-refractivity contribution < 1.29 is 13.6 Å². The summed E-state index contributed by atoms with van der Waals surface area (Å²) in [5.74, 6) is -0.125. The Morgan fingerprint density at radius 1 is 1.09 bits per heavy atom. The molecule has 112 valence electrons. The van der Waals surface area contributed by atoms with Gasteiger partial charge in [0, 0.05) is 11.9 Å². The number of hydrogen-bond donors (Lipinski definition) is 1. The van der Waals surface area contributed by atoms with Crippen molar-refractivity contribution in [2.75, 3.05) is 6.54 Å². The van der Waals surface area contributed by atoms with Crippen molar-refractivity contribution in [3.8, 4) is 0 Å². The zero-order valence-electron chi connectivity index (χ0n) is 12.0. The summed E-state index contributed by atoms with van der Waals surface area (Å²) in [7, 11) is 0. The van der Waals surface area contributed by atoms with Gasteiger partial charge in [-0.3, -0.25) is 4.79 Å². The third-order valence-electron chi connectivity index (χ3n) is 3.49. The molecule has 4 heteroatoms. The zero-order valence-corrected chi connectivity index (χ0v) is 12.0. The first-order valence-electron chi connectivity index (χ1n) is 7.23. The molecule has 0 fully saturated rings. The summed E-state index contributed by atoms with van der Waals surface area (Å²) < 4.78 is 18.3. The lowest BCUT2D eigenvalue weighted by Crippen LogP contribution is -2.24. The Labute approximate surface area is 127 Å². The van der Waals surface area contributed by atoms with Crippen LogP contribution in [0.2, 0.25) is 0 Å². The normalized spacial score (nSPS) is 10.8. The Hall–Kier alpha value is -2.62. The molecule has 2 aromatic carbocycles. The van der Waals surface area contributed by atoms with Gasteiger partial charge in [0.15, 0.2) is 5.76 Å². The molecule has 1 heterocycles. The number of nitrogens with one attached hydrogen (secondary N) is 1. The number of rotatable bonds is 5. The van der Waals surface area contributed by atoms with Crippen LogP contribution in [0.15, 0.2) is 59.0 Å². The van der Waals surface area contributed by atoms with Crippen LogP contribution >= 0.6 is 0 Å². The molecule has 0 unspecified atom stereocenters. The average molecular weight is 297 g/mol. The van der Waals surface area contributed by atoms with Crippen LogP contribution in [0.25, 0.3) is 11.0 Å². The van der Waals surface area contributed by atoms with Crippen molar-refractivity contribution in [2.24, 2.45) is 0 Å². The van der Waals surface area contributed by atoms with Crippen LogP contribution in [-0.2, 0) is 6.42 Å². The summed E-state index contributed by atoms with van der Waals surface area (Å²) in [5, 5.41) is 3.75. The lowest BCUT2D eigenvalue weighted by Gasteiger charge is -2.03. The second kappa shape index (κ2) is 6.43. The van der Waals surface area contributed by atoms with Crippen molar-refractivity contribution in [1.29, 1.82) is 0 Å². The molecular weight excluding hydrogens is 281 g/mol.